The molecule has 0 bridgehead atoms. The summed E-state index contributed by atoms with van der Waals surface area (Å²) in [6.45, 7) is 4.09. The molecule has 0 aliphatic rings. The second-order valence-corrected chi connectivity index (χ2v) is 5.57. The number of hydrogen-bond acceptors (Lipinski definition) is 3. The van der Waals surface area contributed by atoms with Gasteiger partial charge in [-0.3, -0.25) is 0 Å². The van der Waals surface area contributed by atoms with Gasteiger partial charge in [-0.15, -0.1) is 0 Å². The molecule has 0 saturated carbocycles. The van der Waals surface area contributed by atoms with Gasteiger partial charge in [-0.1, -0.05) is 43.7 Å². The number of aromatic nitrogens is 4. The number of benzene rings is 1. The molecule has 1 aromatic carbocycles. The number of carbonyl (C=O) groups excluding carboxylic acids is 1. The molecule has 0 saturated heterocycles. The Morgan fingerprint density at radius 2 is 1.96 bits per heavy atom. The Bertz CT molecular complexity index is 788. The summed E-state index contributed by atoms with van der Waals surface area (Å²) in [7, 11) is 0. The van der Waals surface area contributed by atoms with Crippen LogP contribution in [0.3, 0.4) is 0 Å². The Morgan fingerprint density at radius 3 is 2.61 bits per heavy atom. The van der Waals surface area contributed by atoms with Gasteiger partial charge in [0.2, 0.25) is 0 Å². The molecular formula is C18H20N4O. The monoisotopic (exact) mass is 308 g/mol. The SMILES string of the molecule is CCCc1c(Cc2ccccc2)nn(C(=O)n2cccn2)c1C. The summed E-state index contributed by atoms with van der Waals surface area (Å²) >= 11 is 0. The highest BCUT2D eigenvalue weighted by Gasteiger charge is 2.19. The zero-order valence-electron chi connectivity index (χ0n) is 13.4. The van der Waals surface area contributed by atoms with Gasteiger partial charge in [0.1, 0.15) is 0 Å². The fraction of sp³-hybridized carbons (Fsp3) is 0.278. The van der Waals surface area contributed by atoms with E-state index in [1.165, 1.54) is 14.9 Å². The predicted molar refractivity (Wildman–Crippen MR) is 88.6 cm³/mol. The first-order valence-corrected chi connectivity index (χ1v) is 7.86. The lowest BCUT2D eigenvalue weighted by atomic mass is 10.0. The molecule has 5 nitrogen and oxygen atoms in total. The molecule has 5 heteroatoms. The van der Waals surface area contributed by atoms with Crippen molar-refractivity contribution in [2.24, 2.45) is 0 Å². The van der Waals surface area contributed by atoms with E-state index < -0.39 is 0 Å². The molecule has 3 aromatic rings. The van der Waals surface area contributed by atoms with E-state index in [0.717, 1.165) is 36.2 Å². The van der Waals surface area contributed by atoms with Crippen LogP contribution < -0.4 is 0 Å². The Balaban J connectivity index is 1.99. The third-order valence-corrected chi connectivity index (χ3v) is 3.92. The summed E-state index contributed by atoms with van der Waals surface area (Å²) < 4.78 is 2.78. The Hall–Kier alpha value is -2.69. The molecule has 0 amide bonds. The number of carbonyl (C=O) groups is 1. The lowest BCUT2D eigenvalue weighted by molar-refractivity contribution is 0.237. The summed E-state index contributed by atoms with van der Waals surface area (Å²) in [6.07, 6.45) is 5.90. The molecule has 0 radical (unpaired) electrons. The van der Waals surface area contributed by atoms with Gasteiger partial charge >= 0.3 is 6.03 Å². The van der Waals surface area contributed by atoms with Crippen molar-refractivity contribution in [2.45, 2.75) is 33.1 Å². The van der Waals surface area contributed by atoms with Gasteiger partial charge in [0, 0.05) is 24.5 Å². The molecule has 23 heavy (non-hydrogen) atoms. The van der Waals surface area contributed by atoms with Gasteiger partial charge in [-0.25, -0.2) is 4.79 Å². The molecule has 0 aliphatic heterocycles. The molecule has 2 aromatic heterocycles. The standard InChI is InChI=1S/C18H20N4O/c1-3-8-16-14(2)22(18(23)21-12-7-11-19-21)20-17(16)13-15-9-5-4-6-10-15/h4-7,9-12H,3,8,13H2,1-2H3. The second-order valence-electron chi connectivity index (χ2n) is 5.57. The normalized spacial score (nSPS) is 10.9. The summed E-state index contributed by atoms with van der Waals surface area (Å²) in [4.78, 5) is 12.6. The maximum absolute atomic E-state index is 12.6. The van der Waals surface area contributed by atoms with Gasteiger partial charge in [-0.05, 0) is 30.5 Å². The molecule has 2 heterocycles. The highest BCUT2D eigenvalue weighted by atomic mass is 16.2. The van der Waals surface area contributed by atoms with E-state index in [1.54, 1.807) is 18.5 Å². The topological polar surface area (TPSA) is 52.7 Å². The van der Waals surface area contributed by atoms with Crippen LogP contribution in [-0.4, -0.2) is 25.6 Å². The quantitative estimate of drug-likeness (QED) is 0.742. The zero-order valence-corrected chi connectivity index (χ0v) is 13.4. The van der Waals surface area contributed by atoms with E-state index in [0.29, 0.717) is 0 Å². The molecular weight excluding hydrogens is 288 g/mol. The van der Waals surface area contributed by atoms with E-state index in [4.69, 9.17) is 0 Å². The van der Waals surface area contributed by atoms with E-state index in [-0.39, 0.29) is 6.03 Å². The van der Waals surface area contributed by atoms with Crippen molar-refractivity contribution >= 4 is 6.03 Å². The van der Waals surface area contributed by atoms with Crippen molar-refractivity contribution in [3.8, 4) is 0 Å². The van der Waals surface area contributed by atoms with Gasteiger partial charge in [-0.2, -0.15) is 19.6 Å². The van der Waals surface area contributed by atoms with Crippen LogP contribution in [0.5, 0.6) is 0 Å². The van der Waals surface area contributed by atoms with Crippen LogP contribution in [0, 0.1) is 6.92 Å². The van der Waals surface area contributed by atoms with Crippen molar-refractivity contribution in [2.75, 3.05) is 0 Å². The molecule has 0 N–H and O–H groups in total. The van der Waals surface area contributed by atoms with Gasteiger partial charge < -0.3 is 0 Å². The predicted octanol–water partition coefficient (Wildman–Crippen LogP) is 3.45. The van der Waals surface area contributed by atoms with E-state index in [9.17, 15) is 4.79 Å². The van der Waals surface area contributed by atoms with Crippen molar-refractivity contribution < 1.29 is 4.79 Å². The van der Waals surface area contributed by atoms with E-state index >= 15 is 0 Å². The van der Waals surface area contributed by atoms with Crippen molar-refractivity contribution in [1.82, 2.24) is 19.6 Å². The molecule has 0 aliphatic carbocycles. The Labute approximate surface area is 135 Å². The average molecular weight is 308 g/mol. The number of hydrogen-bond donors (Lipinski definition) is 0. The van der Waals surface area contributed by atoms with Gasteiger partial charge in [0.25, 0.3) is 0 Å². The van der Waals surface area contributed by atoms with Gasteiger partial charge in [0.05, 0.1) is 5.69 Å². The minimum Gasteiger partial charge on any atom is -0.244 e. The smallest absolute Gasteiger partial charge is 0.244 e. The third kappa shape index (κ3) is 3.08. The molecule has 0 atom stereocenters. The summed E-state index contributed by atoms with van der Waals surface area (Å²) in [5.74, 6) is 0. The van der Waals surface area contributed by atoms with Crippen LogP contribution in [0.2, 0.25) is 0 Å². The highest BCUT2D eigenvalue weighted by Crippen LogP contribution is 2.19. The maximum atomic E-state index is 12.6. The van der Waals surface area contributed by atoms with Crippen molar-refractivity contribution in [1.29, 1.82) is 0 Å². The summed E-state index contributed by atoms with van der Waals surface area (Å²) in [5.41, 5.74) is 4.23. The van der Waals surface area contributed by atoms with Crippen LogP contribution in [0.15, 0.2) is 48.8 Å². The molecule has 3 rings (SSSR count). The lowest BCUT2D eigenvalue weighted by Gasteiger charge is -2.03. The van der Waals surface area contributed by atoms with Crippen LogP contribution in [-0.2, 0) is 12.8 Å². The first-order valence-electron chi connectivity index (χ1n) is 7.86. The van der Waals surface area contributed by atoms with E-state index in [1.807, 2.05) is 25.1 Å². The Morgan fingerprint density at radius 1 is 1.17 bits per heavy atom. The van der Waals surface area contributed by atoms with Gasteiger partial charge in [0.15, 0.2) is 0 Å². The number of rotatable bonds is 4. The highest BCUT2D eigenvalue weighted by molar-refractivity contribution is 5.78. The number of nitrogens with zero attached hydrogens (tertiary/aromatic N) is 4. The molecule has 0 spiro atoms. The lowest BCUT2D eigenvalue weighted by Crippen LogP contribution is -2.22. The first-order chi connectivity index (χ1) is 11.2. The fourth-order valence-corrected chi connectivity index (χ4v) is 2.76. The van der Waals surface area contributed by atoms with Crippen molar-refractivity contribution in [3.05, 3.63) is 71.3 Å². The third-order valence-electron chi connectivity index (χ3n) is 3.92. The Kier molecular flexibility index (Phi) is 4.37. The van der Waals surface area contributed by atoms with Crippen LogP contribution in [0.4, 0.5) is 4.79 Å². The van der Waals surface area contributed by atoms with Crippen molar-refractivity contribution in [3.63, 3.8) is 0 Å². The van der Waals surface area contributed by atoms with Crippen LogP contribution in [0.25, 0.3) is 0 Å². The average Bonchev–Trinajstić information content (AvgIpc) is 3.19. The van der Waals surface area contributed by atoms with Crippen LogP contribution in [0.1, 0.15) is 35.9 Å². The van der Waals surface area contributed by atoms with Crippen LogP contribution >= 0.6 is 0 Å². The maximum Gasteiger partial charge on any atom is 0.369 e. The summed E-state index contributed by atoms with van der Waals surface area (Å²) in [6, 6.07) is 11.7. The zero-order chi connectivity index (χ0) is 16.2. The minimum atomic E-state index is -0.246. The largest absolute Gasteiger partial charge is 0.369 e. The van der Waals surface area contributed by atoms with E-state index in [2.05, 4.69) is 29.3 Å². The molecule has 118 valence electrons. The summed E-state index contributed by atoms with van der Waals surface area (Å²) in [5, 5.41) is 8.59. The molecule has 0 unspecified atom stereocenters. The fourth-order valence-electron chi connectivity index (χ4n) is 2.76. The minimum absolute atomic E-state index is 0.246. The molecule has 0 fully saturated rings. The first kappa shape index (κ1) is 15.2. The second kappa shape index (κ2) is 6.60.